The Morgan fingerprint density at radius 1 is 1.10 bits per heavy atom. The molecule has 9 heteroatoms. The van der Waals surface area contributed by atoms with Crippen LogP contribution < -0.4 is 0 Å². The quantitative estimate of drug-likeness (QED) is 0.151. The van der Waals surface area contributed by atoms with E-state index in [1.165, 1.54) is 6.92 Å². The van der Waals surface area contributed by atoms with Gasteiger partial charge in [0.25, 0.3) is 0 Å². The number of aliphatic imine (C=N–C) groups is 1. The number of cyclic esters (lactones) is 1. The maximum Gasteiger partial charge on any atom is 0.317 e. The van der Waals surface area contributed by atoms with E-state index in [-0.39, 0.29) is 23.5 Å². The Bertz CT molecular complexity index is 1230. The third-order valence-corrected chi connectivity index (χ3v) is 11.1. The second-order valence-electron chi connectivity index (χ2n) is 12.2. The van der Waals surface area contributed by atoms with Gasteiger partial charge in [-0.15, -0.1) is 0 Å². The van der Waals surface area contributed by atoms with Crippen molar-refractivity contribution < 1.29 is 29.0 Å². The molecule has 0 spiro atoms. The first-order chi connectivity index (χ1) is 19.6. The van der Waals surface area contributed by atoms with Crippen LogP contribution in [0.2, 0.25) is 0 Å². The average Bonchev–Trinajstić information content (AvgIpc) is 2.93. The number of halogens is 2. The van der Waals surface area contributed by atoms with Crippen LogP contribution in [-0.2, 0) is 23.9 Å². The minimum Gasteiger partial charge on any atom is -0.448 e. The van der Waals surface area contributed by atoms with Gasteiger partial charge in [-0.2, -0.15) is 0 Å². The predicted molar refractivity (Wildman–Crippen MR) is 183 cm³/mol. The van der Waals surface area contributed by atoms with E-state index in [1.807, 2.05) is 85.8 Å². The monoisotopic (exact) mass is 803 g/mol. The lowest BCUT2D eigenvalue weighted by Crippen LogP contribution is -2.51. The van der Waals surface area contributed by atoms with E-state index in [1.54, 1.807) is 13.8 Å². The molecule has 2 aliphatic heterocycles. The highest BCUT2D eigenvalue weighted by atomic mass is 127. The molecule has 2 bridgehead atoms. The number of nitrogens with zero attached hydrogens (tertiary/aromatic N) is 1. The highest BCUT2D eigenvalue weighted by Gasteiger charge is 2.47. The highest BCUT2D eigenvalue weighted by molar-refractivity contribution is 14.1. The maximum absolute atomic E-state index is 13.4. The first-order valence-corrected chi connectivity index (χ1v) is 17.0. The number of ether oxygens (including phenoxy) is 2. The fourth-order valence-corrected chi connectivity index (χ4v) is 8.26. The number of allylic oxidation sites excluding steroid dienone is 2. The molecule has 3 rings (SSSR count). The molecule has 1 aromatic rings. The molecular formula is C33H43I2NO6. The largest absolute Gasteiger partial charge is 0.448 e. The average molecular weight is 804 g/mol. The third-order valence-electron chi connectivity index (χ3n) is 8.53. The SMILES string of the molecule is CC(=O)N=C1[C@H](C)C[C@]2(C)C[C@@H](I)C(=O)[C@@H](C)C(=O)O[C@H](I)[C@@](C)(O)[C@H](CC/C(=C\C=C\c3ccccc3)CO2)[C@H]1C. The van der Waals surface area contributed by atoms with E-state index in [2.05, 4.69) is 33.7 Å². The van der Waals surface area contributed by atoms with Crippen LogP contribution in [-0.4, -0.2) is 54.3 Å². The number of hydrogen-bond acceptors (Lipinski definition) is 6. The number of esters is 1. The van der Waals surface area contributed by atoms with Crippen molar-refractivity contribution in [1.82, 2.24) is 0 Å². The summed E-state index contributed by atoms with van der Waals surface area (Å²) in [5.74, 6) is -3.03. The Morgan fingerprint density at radius 2 is 1.76 bits per heavy atom. The molecule has 1 aromatic carbocycles. The lowest BCUT2D eigenvalue weighted by molar-refractivity contribution is -0.163. The molecule has 1 amide bonds. The number of rotatable bonds is 2. The van der Waals surface area contributed by atoms with E-state index in [9.17, 15) is 19.5 Å². The lowest BCUT2D eigenvalue weighted by Gasteiger charge is -2.42. The molecule has 2 heterocycles. The van der Waals surface area contributed by atoms with E-state index >= 15 is 0 Å². The van der Waals surface area contributed by atoms with Crippen LogP contribution in [0.25, 0.3) is 6.08 Å². The van der Waals surface area contributed by atoms with Gasteiger partial charge in [-0.05, 0) is 92.0 Å². The summed E-state index contributed by atoms with van der Waals surface area (Å²) in [6.45, 7) is 11.0. The third kappa shape index (κ3) is 9.04. The van der Waals surface area contributed by atoms with Crippen molar-refractivity contribution in [2.24, 2.45) is 28.7 Å². The molecule has 2 fully saturated rings. The summed E-state index contributed by atoms with van der Waals surface area (Å²) in [6, 6.07) is 10.0. The fourth-order valence-electron chi connectivity index (χ4n) is 6.08. The van der Waals surface area contributed by atoms with Crippen molar-refractivity contribution in [2.45, 2.75) is 86.5 Å². The van der Waals surface area contributed by atoms with Gasteiger partial charge in [-0.25, -0.2) is 4.99 Å². The number of carbonyl (C=O) groups excluding carboxylic acids is 3. The number of aliphatic hydroxyl groups is 1. The normalized spacial score (nSPS) is 37.6. The second-order valence-corrected chi connectivity index (χ2v) is 14.8. The number of fused-ring (bicyclic) bond motifs is 5. The molecule has 1 N–H and O–H groups in total. The highest BCUT2D eigenvalue weighted by Crippen LogP contribution is 2.42. The van der Waals surface area contributed by atoms with Crippen molar-refractivity contribution in [3.05, 3.63) is 53.6 Å². The van der Waals surface area contributed by atoms with Gasteiger partial charge >= 0.3 is 5.97 Å². The molecule has 42 heavy (non-hydrogen) atoms. The minimum atomic E-state index is -1.48. The summed E-state index contributed by atoms with van der Waals surface area (Å²) in [7, 11) is 0. The zero-order chi connectivity index (χ0) is 31.2. The van der Waals surface area contributed by atoms with E-state index < -0.39 is 37.0 Å². The summed E-state index contributed by atoms with van der Waals surface area (Å²) in [6.07, 6.45) is 8.17. The molecule has 0 saturated carbocycles. The van der Waals surface area contributed by atoms with E-state index in [0.717, 1.165) is 11.1 Å². The van der Waals surface area contributed by atoms with Crippen molar-refractivity contribution in [3.8, 4) is 0 Å². The standard InChI is InChI=1S/C33H43I2NO6/c1-20-17-32(5)18-27(34)29(38)22(3)30(39)42-31(35)33(6,40)26(21(2)28(20)36-23(4)37)16-15-25(19-41-32)14-10-13-24-11-8-7-9-12-24/h7-14,20-22,26-27,31,40H,15-19H2,1-6H3/b13-10+,25-14+,36-28?/t20-,21-,22-,26-,27-,31+,32-,33+/m1/s1. The zero-order valence-corrected chi connectivity index (χ0v) is 29.6. The summed E-state index contributed by atoms with van der Waals surface area (Å²) in [5, 5.41) is 12.0. The van der Waals surface area contributed by atoms with Crippen molar-refractivity contribution in [1.29, 1.82) is 0 Å². The molecule has 2 saturated heterocycles. The van der Waals surface area contributed by atoms with Crippen LogP contribution in [0.15, 0.2) is 53.0 Å². The summed E-state index contributed by atoms with van der Waals surface area (Å²) >= 11 is 4.05. The lowest BCUT2D eigenvalue weighted by atomic mass is 9.71. The number of Topliss-reactive ketones (excluding diaryl/α,β-unsaturated/α-hetero) is 1. The van der Waals surface area contributed by atoms with E-state index in [4.69, 9.17) is 9.47 Å². The van der Waals surface area contributed by atoms with Gasteiger partial charge in [-0.3, -0.25) is 14.4 Å². The number of hydrogen-bond donors (Lipinski definition) is 1. The van der Waals surface area contributed by atoms with Crippen LogP contribution in [0.3, 0.4) is 0 Å². The van der Waals surface area contributed by atoms with Gasteiger partial charge in [0.05, 0.1) is 16.1 Å². The Kier molecular flexibility index (Phi) is 12.5. The van der Waals surface area contributed by atoms with Gasteiger partial charge in [-0.1, -0.05) is 85.0 Å². The number of amides is 1. The van der Waals surface area contributed by atoms with Gasteiger partial charge < -0.3 is 14.6 Å². The van der Waals surface area contributed by atoms with E-state index in [0.29, 0.717) is 38.0 Å². The summed E-state index contributed by atoms with van der Waals surface area (Å²) in [5.41, 5.74) is 0.589. The minimum absolute atomic E-state index is 0.162. The smallest absolute Gasteiger partial charge is 0.317 e. The number of alkyl halides is 2. The van der Waals surface area contributed by atoms with Gasteiger partial charge in [0.1, 0.15) is 11.5 Å². The van der Waals surface area contributed by atoms with Crippen molar-refractivity contribution >= 4 is 74.6 Å². The molecule has 0 radical (unpaired) electrons. The molecule has 0 aromatic heterocycles. The van der Waals surface area contributed by atoms with Crippen LogP contribution in [0.5, 0.6) is 0 Å². The first-order valence-electron chi connectivity index (χ1n) is 14.5. The first kappa shape index (κ1) is 35.0. The Balaban J connectivity index is 2.18. The van der Waals surface area contributed by atoms with Gasteiger partial charge in [0.2, 0.25) is 5.91 Å². The molecular weight excluding hydrogens is 760 g/mol. The number of ketones is 1. The molecule has 2 aliphatic rings. The van der Waals surface area contributed by atoms with Crippen LogP contribution in [0, 0.1) is 23.7 Å². The zero-order valence-electron chi connectivity index (χ0n) is 25.3. The fraction of sp³-hybridized carbons (Fsp3) is 0.576. The maximum atomic E-state index is 13.4. The topological polar surface area (TPSA) is 102 Å². The van der Waals surface area contributed by atoms with Crippen molar-refractivity contribution in [3.63, 3.8) is 0 Å². The molecule has 0 aliphatic carbocycles. The van der Waals surface area contributed by atoms with Crippen molar-refractivity contribution in [2.75, 3.05) is 6.61 Å². The Hall–Kier alpha value is -1.44. The Labute approximate surface area is 277 Å². The molecule has 0 unspecified atom stereocenters. The summed E-state index contributed by atoms with van der Waals surface area (Å²) < 4.78 is 11.0. The number of carbonyl (C=O) groups is 3. The van der Waals surface area contributed by atoms with Crippen LogP contribution in [0.4, 0.5) is 0 Å². The second kappa shape index (κ2) is 15.0. The number of benzene rings is 1. The van der Waals surface area contributed by atoms with Gasteiger partial charge in [0.15, 0.2) is 9.89 Å². The van der Waals surface area contributed by atoms with Crippen LogP contribution in [0.1, 0.15) is 72.8 Å². The Morgan fingerprint density at radius 3 is 2.40 bits per heavy atom. The van der Waals surface area contributed by atoms with Crippen LogP contribution >= 0.6 is 45.2 Å². The molecule has 7 nitrogen and oxygen atoms in total. The predicted octanol–water partition coefficient (Wildman–Crippen LogP) is 6.93. The molecule has 230 valence electrons. The summed E-state index contributed by atoms with van der Waals surface area (Å²) in [4.78, 5) is 43.3. The molecule has 8 atom stereocenters. The van der Waals surface area contributed by atoms with Gasteiger partial charge in [0, 0.05) is 18.6 Å².